The molecule has 7 heteroatoms. The number of fused-ring (bicyclic) bond motifs is 1. The number of rotatable bonds is 3. The van der Waals surface area contributed by atoms with Crippen LogP contribution in [0.25, 0.3) is 5.65 Å². The molecule has 3 heterocycles. The van der Waals surface area contributed by atoms with E-state index in [2.05, 4.69) is 35.0 Å². The molecule has 1 saturated carbocycles. The van der Waals surface area contributed by atoms with Gasteiger partial charge in [0.05, 0.1) is 17.3 Å². The number of nitrogens with two attached hydrogens (primary N) is 1. The molecular formula is C22H24BrN5O. The minimum Gasteiger partial charge on any atom is -0.398 e. The van der Waals surface area contributed by atoms with Crippen molar-refractivity contribution in [2.24, 2.45) is 0 Å². The zero-order valence-electron chi connectivity index (χ0n) is 16.4. The van der Waals surface area contributed by atoms with Crippen LogP contribution in [0.5, 0.6) is 0 Å². The van der Waals surface area contributed by atoms with Crippen molar-refractivity contribution in [1.82, 2.24) is 19.5 Å². The molecule has 29 heavy (non-hydrogen) atoms. The maximum Gasteiger partial charge on any atom is 0.256 e. The Hall–Kier alpha value is -2.41. The second-order valence-electron chi connectivity index (χ2n) is 8.18. The van der Waals surface area contributed by atoms with Crippen LogP contribution >= 0.6 is 15.9 Å². The Labute approximate surface area is 178 Å². The predicted octanol–water partition coefficient (Wildman–Crippen LogP) is 4.63. The lowest BCUT2D eigenvalue weighted by Crippen LogP contribution is -2.39. The number of carbonyl (C=O) groups excluding carboxylic acids is 1. The first kappa shape index (κ1) is 18.6. The van der Waals surface area contributed by atoms with E-state index < -0.39 is 0 Å². The summed E-state index contributed by atoms with van der Waals surface area (Å²) in [4.78, 5) is 20.1. The predicted molar refractivity (Wildman–Crippen MR) is 116 cm³/mol. The van der Waals surface area contributed by atoms with Crippen LogP contribution in [0.3, 0.4) is 0 Å². The molecule has 0 bridgehead atoms. The number of amides is 1. The van der Waals surface area contributed by atoms with Crippen LogP contribution in [0.2, 0.25) is 0 Å². The molecule has 1 unspecified atom stereocenters. The molecule has 3 aromatic rings. The molecule has 1 aromatic carbocycles. The molecule has 2 aliphatic rings. The normalized spacial score (nSPS) is 19.7. The van der Waals surface area contributed by atoms with Crippen LogP contribution in [0, 0.1) is 6.92 Å². The van der Waals surface area contributed by atoms with Crippen molar-refractivity contribution >= 4 is 33.2 Å². The van der Waals surface area contributed by atoms with Gasteiger partial charge in [0, 0.05) is 40.1 Å². The van der Waals surface area contributed by atoms with E-state index in [0.29, 0.717) is 23.7 Å². The van der Waals surface area contributed by atoms with Gasteiger partial charge in [-0.05, 0) is 63.3 Å². The number of anilines is 1. The van der Waals surface area contributed by atoms with Crippen molar-refractivity contribution < 1.29 is 4.79 Å². The van der Waals surface area contributed by atoms with Gasteiger partial charge in [-0.3, -0.25) is 4.79 Å². The summed E-state index contributed by atoms with van der Waals surface area (Å²) in [6, 6.07) is 9.58. The van der Waals surface area contributed by atoms with E-state index in [4.69, 9.17) is 15.8 Å². The molecular weight excluding hydrogens is 430 g/mol. The molecule has 0 radical (unpaired) electrons. The number of likely N-dealkylation sites (tertiary alicyclic amines) is 1. The Morgan fingerprint density at radius 3 is 2.76 bits per heavy atom. The van der Waals surface area contributed by atoms with E-state index in [0.717, 1.165) is 40.8 Å². The van der Waals surface area contributed by atoms with E-state index in [-0.39, 0.29) is 11.9 Å². The number of nitrogen functional groups attached to an aromatic ring is 1. The first-order valence-electron chi connectivity index (χ1n) is 10.2. The molecule has 1 aliphatic carbocycles. The molecule has 1 atom stereocenters. The van der Waals surface area contributed by atoms with Gasteiger partial charge in [-0.15, -0.1) is 0 Å². The summed E-state index contributed by atoms with van der Waals surface area (Å²) in [7, 11) is 0. The highest BCUT2D eigenvalue weighted by molar-refractivity contribution is 9.10. The van der Waals surface area contributed by atoms with Crippen molar-refractivity contribution in [3.05, 3.63) is 57.4 Å². The molecule has 5 rings (SSSR count). The number of carbonyl (C=O) groups is 1. The molecule has 0 spiro atoms. The summed E-state index contributed by atoms with van der Waals surface area (Å²) in [5.74, 6) is 0.568. The zero-order valence-corrected chi connectivity index (χ0v) is 18.0. The van der Waals surface area contributed by atoms with Crippen molar-refractivity contribution in [2.75, 3.05) is 12.3 Å². The molecule has 150 valence electrons. The minimum absolute atomic E-state index is 0.0334. The maximum atomic E-state index is 13.4. The fourth-order valence-corrected chi connectivity index (χ4v) is 4.63. The number of aryl methyl sites for hydroxylation is 1. The van der Waals surface area contributed by atoms with Gasteiger partial charge in [0.15, 0.2) is 5.65 Å². The summed E-state index contributed by atoms with van der Waals surface area (Å²) in [5, 5.41) is 4.84. The Balaban J connectivity index is 1.52. The van der Waals surface area contributed by atoms with E-state index >= 15 is 0 Å². The van der Waals surface area contributed by atoms with Gasteiger partial charge in [0.1, 0.15) is 0 Å². The lowest BCUT2D eigenvalue weighted by Gasteiger charge is -2.35. The van der Waals surface area contributed by atoms with E-state index in [1.807, 2.05) is 15.5 Å². The van der Waals surface area contributed by atoms with Gasteiger partial charge >= 0.3 is 0 Å². The third kappa shape index (κ3) is 3.41. The first-order valence-corrected chi connectivity index (χ1v) is 11.0. The molecule has 1 amide bonds. The van der Waals surface area contributed by atoms with Crippen LogP contribution in [-0.2, 0) is 0 Å². The number of hydrogen-bond donors (Lipinski definition) is 1. The summed E-state index contributed by atoms with van der Waals surface area (Å²) >= 11 is 3.45. The highest BCUT2D eigenvalue weighted by Gasteiger charge is 2.32. The van der Waals surface area contributed by atoms with Crippen molar-refractivity contribution in [3.8, 4) is 0 Å². The second-order valence-corrected chi connectivity index (χ2v) is 9.09. The fourth-order valence-electron chi connectivity index (χ4n) is 4.27. The molecule has 2 N–H and O–H groups in total. The third-order valence-corrected chi connectivity index (χ3v) is 6.48. The minimum atomic E-state index is -0.0555. The lowest BCUT2D eigenvalue weighted by molar-refractivity contribution is 0.0606. The van der Waals surface area contributed by atoms with E-state index in [1.165, 1.54) is 18.5 Å². The monoisotopic (exact) mass is 453 g/mol. The standard InChI is InChI=1S/C22H24BrN5O/c1-13-10-18(14-5-6-14)25-21-12-19(26-28(13)21)20-4-2-3-9-27(20)22(29)16-11-15(23)7-8-17(16)24/h7-8,10-12,14,20H,2-6,9,24H2,1H3. The number of benzene rings is 1. The topological polar surface area (TPSA) is 76.5 Å². The smallest absolute Gasteiger partial charge is 0.256 e. The molecule has 6 nitrogen and oxygen atoms in total. The Kier molecular flexibility index (Phi) is 4.57. The Morgan fingerprint density at radius 1 is 1.14 bits per heavy atom. The molecule has 1 aliphatic heterocycles. The van der Waals surface area contributed by atoms with Crippen LogP contribution in [-0.4, -0.2) is 31.9 Å². The molecule has 2 fully saturated rings. The summed E-state index contributed by atoms with van der Waals surface area (Å²) in [6.07, 6.45) is 5.42. The van der Waals surface area contributed by atoms with E-state index in [9.17, 15) is 4.79 Å². The number of hydrogen-bond acceptors (Lipinski definition) is 4. The van der Waals surface area contributed by atoms with Gasteiger partial charge in [0.2, 0.25) is 0 Å². The van der Waals surface area contributed by atoms with Crippen LogP contribution in [0.4, 0.5) is 5.69 Å². The zero-order chi connectivity index (χ0) is 20.1. The highest BCUT2D eigenvalue weighted by atomic mass is 79.9. The highest BCUT2D eigenvalue weighted by Crippen LogP contribution is 2.40. The van der Waals surface area contributed by atoms with Crippen LogP contribution < -0.4 is 5.73 Å². The summed E-state index contributed by atoms with van der Waals surface area (Å²) < 4.78 is 2.76. The van der Waals surface area contributed by atoms with Gasteiger partial charge in [-0.25, -0.2) is 9.50 Å². The average molecular weight is 454 g/mol. The van der Waals surface area contributed by atoms with Gasteiger partial charge in [-0.2, -0.15) is 5.10 Å². The summed E-state index contributed by atoms with van der Waals surface area (Å²) in [6.45, 7) is 2.78. The third-order valence-electron chi connectivity index (χ3n) is 5.99. The molecule has 2 aromatic heterocycles. The Morgan fingerprint density at radius 2 is 1.97 bits per heavy atom. The summed E-state index contributed by atoms with van der Waals surface area (Å²) in [5.41, 5.74) is 11.2. The largest absolute Gasteiger partial charge is 0.398 e. The fraction of sp³-hybridized carbons (Fsp3) is 0.409. The Bertz CT molecular complexity index is 1100. The van der Waals surface area contributed by atoms with Gasteiger partial charge in [-0.1, -0.05) is 15.9 Å². The van der Waals surface area contributed by atoms with Gasteiger partial charge in [0.25, 0.3) is 5.91 Å². The van der Waals surface area contributed by atoms with Crippen LogP contribution in [0.15, 0.2) is 34.8 Å². The maximum absolute atomic E-state index is 13.4. The first-order chi connectivity index (χ1) is 14.0. The number of halogens is 1. The SMILES string of the molecule is Cc1cc(C2CC2)nc2cc(C3CCCCN3C(=O)c3cc(Br)ccc3N)nn12. The van der Waals surface area contributed by atoms with Crippen molar-refractivity contribution in [3.63, 3.8) is 0 Å². The van der Waals surface area contributed by atoms with Crippen molar-refractivity contribution in [2.45, 2.75) is 51.0 Å². The quantitative estimate of drug-likeness (QED) is 0.586. The lowest BCUT2D eigenvalue weighted by atomic mass is 9.98. The molecule has 1 saturated heterocycles. The van der Waals surface area contributed by atoms with E-state index in [1.54, 1.807) is 12.1 Å². The van der Waals surface area contributed by atoms with Crippen LogP contribution in [0.1, 0.15) is 71.5 Å². The van der Waals surface area contributed by atoms with Gasteiger partial charge < -0.3 is 10.6 Å². The second kappa shape index (κ2) is 7.13. The number of aromatic nitrogens is 3. The number of nitrogens with zero attached hydrogens (tertiary/aromatic N) is 4. The van der Waals surface area contributed by atoms with Crippen molar-refractivity contribution in [1.29, 1.82) is 0 Å². The average Bonchev–Trinajstić information content (AvgIpc) is 3.48. The number of piperidine rings is 1.